The van der Waals surface area contributed by atoms with E-state index >= 15 is 0 Å². The molecular formula is C11H13ClS. The third kappa shape index (κ3) is 2.03. The Labute approximate surface area is 88.7 Å². The first-order chi connectivity index (χ1) is 6.42. The van der Waals surface area contributed by atoms with Crippen molar-refractivity contribution in [2.75, 3.05) is 17.4 Å². The fourth-order valence-electron chi connectivity index (χ4n) is 1.79. The molecule has 70 valence electrons. The molecular weight excluding hydrogens is 200 g/mol. The first-order valence-corrected chi connectivity index (χ1v) is 6.32. The highest BCUT2D eigenvalue weighted by molar-refractivity contribution is 7.99. The van der Waals surface area contributed by atoms with E-state index in [1.54, 1.807) is 11.1 Å². The van der Waals surface area contributed by atoms with E-state index in [-0.39, 0.29) is 0 Å². The van der Waals surface area contributed by atoms with E-state index in [2.05, 4.69) is 24.3 Å². The fraction of sp³-hybridized carbons (Fsp3) is 0.455. The lowest BCUT2D eigenvalue weighted by atomic mass is 9.79. The highest BCUT2D eigenvalue weighted by Gasteiger charge is 2.24. The largest absolute Gasteiger partial charge is 0.160 e. The predicted molar refractivity (Wildman–Crippen MR) is 60.9 cm³/mol. The minimum atomic E-state index is 0.777. The van der Waals surface area contributed by atoms with Crippen molar-refractivity contribution in [1.29, 1.82) is 0 Å². The molecule has 2 heteroatoms. The van der Waals surface area contributed by atoms with Crippen molar-refractivity contribution >= 4 is 23.4 Å². The average molecular weight is 213 g/mol. The van der Waals surface area contributed by atoms with Gasteiger partial charge >= 0.3 is 0 Å². The zero-order valence-corrected chi connectivity index (χ0v) is 9.07. The summed E-state index contributed by atoms with van der Waals surface area (Å²) in [5.41, 5.74) is 3.10. The number of rotatable bonds is 4. The van der Waals surface area contributed by atoms with Crippen LogP contribution in [0.25, 0.3) is 0 Å². The van der Waals surface area contributed by atoms with Gasteiger partial charge in [-0.3, -0.25) is 0 Å². The molecule has 1 unspecified atom stereocenters. The van der Waals surface area contributed by atoms with Crippen LogP contribution in [0.1, 0.15) is 17.0 Å². The van der Waals surface area contributed by atoms with E-state index in [1.807, 2.05) is 11.8 Å². The fourth-order valence-corrected chi connectivity index (χ4v) is 2.98. The second kappa shape index (κ2) is 4.39. The molecule has 0 bridgehead atoms. The molecule has 0 heterocycles. The molecule has 1 aliphatic rings. The van der Waals surface area contributed by atoms with Gasteiger partial charge in [0, 0.05) is 17.4 Å². The van der Waals surface area contributed by atoms with Crippen LogP contribution < -0.4 is 0 Å². The van der Waals surface area contributed by atoms with Crippen molar-refractivity contribution in [2.45, 2.75) is 12.3 Å². The zero-order valence-electron chi connectivity index (χ0n) is 7.50. The van der Waals surface area contributed by atoms with Crippen LogP contribution in [0.4, 0.5) is 0 Å². The van der Waals surface area contributed by atoms with Crippen LogP contribution in [0.15, 0.2) is 24.3 Å². The minimum absolute atomic E-state index is 0.777. The maximum absolute atomic E-state index is 5.63. The molecule has 13 heavy (non-hydrogen) atoms. The van der Waals surface area contributed by atoms with Crippen LogP contribution in [0.2, 0.25) is 0 Å². The Bertz CT molecular complexity index is 285. The van der Waals surface area contributed by atoms with Crippen molar-refractivity contribution in [2.24, 2.45) is 0 Å². The Kier molecular flexibility index (Phi) is 3.18. The zero-order chi connectivity index (χ0) is 9.10. The first kappa shape index (κ1) is 9.42. The topological polar surface area (TPSA) is 0 Å². The Morgan fingerprint density at radius 1 is 1.38 bits per heavy atom. The van der Waals surface area contributed by atoms with Gasteiger partial charge in [-0.2, -0.15) is 11.8 Å². The molecule has 2 rings (SSSR count). The summed E-state index contributed by atoms with van der Waals surface area (Å²) in [5, 5.41) is 0. The molecule has 0 fully saturated rings. The Morgan fingerprint density at radius 2 is 2.23 bits per heavy atom. The third-order valence-electron chi connectivity index (χ3n) is 2.50. The number of alkyl halides is 1. The summed E-state index contributed by atoms with van der Waals surface area (Å²) in [6, 6.07) is 8.75. The molecule has 0 nitrogen and oxygen atoms in total. The normalized spacial score (nSPS) is 19.3. The van der Waals surface area contributed by atoms with Crippen LogP contribution in [0.5, 0.6) is 0 Å². The van der Waals surface area contributed by atoms with Crippen LogP contribution >= 0.6 is 23.4 Å². The average Bonchev–Trinajstić information content (AvgIpc) is 2.13. The van der Waals surface area contributed by atoms with Gasteiger partial charge < -0.3 is 0 Å². The highest BCUT2D eigenvalue weighted by Crippen LogP contribution is 2.36. The van der Waals surface area contributed by atoms with Gasteiger partial charge in [-0.1, -0.05) is 24.3 Å². The molecule has 0 aromatic heterocycles. The van der Waals surface area contributed by atoms with Gasteiger partial charge in [0.1, 0.15) is 0 Å². The van der Waals surface area contributed by atoms with Crippen LogP contribution in [0, 0.1) is 0 Å². The summed E-state index contributed by atoms with van der Waals surface area (Å²) in [7, 11) is 0. The summed E-state index contributed by atoms with van der Waals surface area (Å²) in [5.74, 6) is 3.90. The smallest absolute Gasteiger partial charge is 0.0314 e. The Morgan fingerprint density at radius 3 is 3.00 bits per heavy atom. The number of thioether (sulfide) groups is 1. The summed E-state index contributed by atoms with van der Waals surface area (Å²) < 4.78 is 0. The van der Waals surface area contributed by atoms with Gasteiger partial charge in [0.2, 0.25) is 0 Å². The first-order valence-electron chi connectivity index (χ1n) is 4.63. The number of hydrogen-bond acceptors (Lipinski definition) is 1. The molecule has 1 atom stereocenters. The molecule has 0 amide bonds. The Balaban J connectivity index is 1.87. The lowest BCUT2D eigenvalue weighted by Crippen LogP contribution is -2.18. The maximum Gasteiger partial charge on any atom is 0.0314 e. The number of hydrogen-bond donors (Lipinski definition) is 0. The van der Waals surface area contributed by atoms with E-state index in [1.165, 1.54) is 12.2 Å². The molecule has 0 N–H and O–H groups in total. The van der Waals surface area contributed by atoms with Gasteiger partial charge in [0.25, 0.3) is 0 Å². The second-order valence-corrected chi connectivity index (χ2v) is 4.89. The maximum atomic E-state index is 5.63. The van der Waals surface area contributed by atoms with Crippen molar-refractivity contribution in [3.05, 3.63) is 35.4 Å². The molecule has 0 radical (unpaired) electrons. The Hall–Kier alpha value is -0.140. The lowest BCUT2D eigenvalue weighted by Gasteiger charge is -2.29. The summed E-state index contributed by atoms with van der Waals surface area (Å²) in [6.45, 7) is 0. The van der Waals surface area contributed by atoms with Gasteiger partial charge in [0.15, 0.2) is 0 Å². The number of benzene rings is 1. The van der Waals surface area contributed by atoms with Gasteiger partial charge in [-0.05, 0) is 23.5 Å². The summed E-state index contributed by atoms with van der Waals surface area (Å²) >= 11 is 7.59. The second-order valence-electron chi connectivity index (χ2n) is 3.36. The minimum Gasteiger partial charge on any atom is -0.160 e. The standard InChI is InChI=1S/C11H13ClS/c12-5-6-13-8-10-7-9-3-1-2-4-11(9)10/h1-4,10H,5-8H2. The number of halogens is 1. The van der Waals surface area contributed by atoms with Crippen LogP contribution in [-0.4, -0.2) is 17.4 Å². The van der Waals surface area contributed by atoms with Crippen LogP contribution in [-0.2, 0) is 6.42 Å². The predicted octanol–water partition coefficient (Wildman–Crippen LogP) is 3.30. The molecule has 0 aliphatic heterocycles. The summed E-state index contributed by atoms with van der Waals surface area (Å²) in [4.78, 5) is 0. The quantitative estimate of drug-likeness (QED) is 0.545. The van der Waals surface area contributed by atoms with Gasteiger partial charge in [0.05, 0.1) is 0 Å². The van der Waals surface area contributed by atoms with E-state index in [0.29, 0.717) is 0 Å². The SMILES string of the molecule is ClCCSCC1Cc2ccccc21. The van der Waals surface area contributed by atoms with Crippen molar-refractivity contribution in [3.8, 4) is 0 Å². The summed E-state index contributed by atoms with van der Waals surface area (Å²) in [6.07, 6.45) is 1.27. The van der Waals surface area contributed by atoms with E-state index in [4.69, 9.17) is 11.6 Å². The molecule has 0 saturated carbocycles. The van der Waals surface area contributed by atoms with Crippen molar-refractivity contribution in [3.63, 3.8) is 0 Å². The van der Waals surface area contributed by atoms with E-state index in [9.17, 15) is 0 Å². The molecule has 1 aromatic carbocycles. The monoisotopic (exact) mass is 212 g/mol. The van der Waals surface area contributed by atoms with Crippen molar-refractivity contribution < 1.29 is 0 Å². The third-order valence-corrected chi connectivity index (χ3v) is 4.05. The van der Waals surface area contributed by atoms with Gasteiger partial charge in [-0.15, -0.1) is 11.6 Å². The molecule has 1 aliphatic carbocycles. The molecule has 0 spiro atoms. The lowest BCUT2D eigenvalue weighted by molar-refractivity contribution is 0.677. The number of fused-ring (bicyclic) bond motifs is 1. The van der Waals surface area contributed by atoms with Crippen LogP contribution in [0.3, 0.4) is 0 Å². The molecule has 1 aromatic rings. The van der Waals surface area contributed by atoms with Gasteiger partial charge in [-0.25, -0.2) is 0 Å². The van der Waals surface area contributed by atoms with E-state index < -0.39 is 0 Å². The molecule has 0 saturated heterocycles. The van der Waals surface area contributed by atoms with Crippen molar-refractivity contribution in [1.82, 2.24) is 0 Å². The highest BCUT2D eigenvalue weighted by atomic mass is 35.5. The van der Waals surface area contributed by atoms with E-state index in [0.717, 1.165) is 17.6 Å².